The third-order valence-electron chi connectivity index (χ3n) is 1.49. The van der Waals surface area contributed by atoms with Crippen molar-refractivity contribution >= 4 is 11.6 Å². The smallest absolute Gasteiger partial charge is 0.115 e. The van der Waals surface area contributed by atoms with Crippen molar-refractivity contribution in [2.75, 3.05) is 0 Å². The van der Waals surface area contributed by atoms with Gasteiger partial charge in [0.15, 0.2) is 0 Å². The van der Waals surface area contributed by atoms with E-state index in [0.29, 0.717) is 5.75 Å². The molecule has 2 heteroatoms. The zero-order chi connectivity index (χ0) is 10.2. The molecule has 14 heavy (non-hydrogen) atoms. The normalized spacial score (nSPS) is 8.64. The molecule has 0 aliphatic rings. The Morgan fingerprint density at radius 3 is 1.36 bits per heavy atom. The quantitative estimate of drug-likeness (QED) is 0.697. The molecule has 0 saturated carbocycles. The summed E-state index contributed by atoms with van der Waals surface area (Å²) in [5.74, 6) is 0.322. The van der Waals surface area contributed by atoms with Crippen molar-refractivity contribution in [3.05, 3.63) is 65.7 Å². The lowest BCUT2D eigenvalue weighted by Crippen LogP contribution is -1.56. The highest BCUT2D eigenvalue weighted by molar-refractivity contribution is 6.30. The third-order valence-corrected chi connectivity index (χ3v) is 1.74. The highest BCUT2D eigenvalue weighted by atomic mass is 35.5. The lowest BCUT2D eigenvalue weighted by Gasteiger charge is -1.82. The molecule has 0 amide bonds. The number of phenols is 1. The van der Waals surface area contributed by atoms with E-state index >= 15 is 0 Å². The zero-order valence-corrected chi connectivity index (χ0v) is 8.35. The Hall–Kier alpha value is -1.47. The van der Waals surface area contributed by atoms with Gasteiger partial charge in [-0.2, -0.15) is 0 Å². The van der Waals surface area contributed by atoms with Gasteiger partial charge in [-0.05, 0) is 24.3 Å². The molecule has 1 nitrogen and oxygen atoms in total. The summed E-state index contributed by atoms with van der Waals surface area (Å²) in [5.41, 5.74) is 0. The first-order valence-electron chi connectivity index (χ1n) is 4.23. The number of aromatic hydroxyl groups is 1. The van der Waals surface area contributed by atoms with Crippen LogP contribution in [0.15, 0.2) is 60.7 Å². The summed E-state index contributed by atoms with van der Waals surface area (Å²) in [6.45, 7) is 0. The molecule has 2 aromatic rings. The Bertz CT molecular complexity index is 308. The summed E-state index contributed by atoms with van der Waals surface area (Å²) >= 11 is 5.54. The molecule has 0 spiro atoms. The van der Waals surface area contributed by atoms with E-state index in [1.165, 1.54) is 0 Å². The van der Waals surface area contributed by atoms with Crippen molar-refractivity contribution in [2.24, 2.45) is 0 Å². The van der Waals surface area contributed by atoms with Gasteiger partial charge >= 0.3 is 0 Å². The van der Waals surface area contributed by atoms with Gasteiger partial charge in [-0.3, -0.25) is 0 Å². The molecule has 0 aliphatic carbocycles. The molecular weight excluding hydrogens is 196 g/mol. The fourth-order valence-corrected chi connectivity index (χ4v) is 0.988. The van der Waals surface area contributed by atoms with Gasteiger partial charge in [-0.1, -0.05) is 48.0 Å². The Balaban J connectivity index is 0.000000140. The van der Waals surface area contributed by atoms with Crippen LogP contribution < -0.4 is 0 Å². The summed E-state index contributed by atoms with van der Waals surface area (Å²) in [6.07, 6.45) is 0. The van der Waals surface area contributed by atoms with Crippen molar-refractivity contribution in [1.29, 1.82) is 0 Å². The van der Waals surface area contributed by atoms with Crippen molar-refractivity contribution < 1.29 is 5.11 Å². The molecule has 0 aliphatic heterocycles. The maximum atomic E-state index is 8.63. The van der Waals surface area contributed by atoms with E-state index in [2.05, 4.69) is 0 Å². The van der Waals surface area contributed by atoms with Crippen LogP contribution >= 0.6 is 11.6 Å². The molecule has 2 aromatic carbocycles. The molecule has 0 bridgehead atoms. The van der Waals surface area contributed by atoms with Gasteiger partial charge in [0.05, 0.1) is 0 Å². The predicted octanol–water partition coefficient (Wildman–Crippen LogP) is 3.73. The summed E-state index contributed by atoms with van der Waals surface area (Å²) in [6, 6.07) is 18.2. The maximum absolute atomic E-state index is 8.63. The Labute approximate surface area is 88.6 Å². The standard InChI is InChI=1S/C6H5Cl.C6H6O/c2*7-6-4-2-1-3-5-6/h1-5H;1-5,7H. The van der Waals surface area contributed by atoms with Crippen molar-refractivity contribution in [3.8, 4) is 5.75 Å². The molecular formula is C12H11ClO. The number of benzene rings is 2. The minimum absolute atomic E-state index is 0.322. The summed E-state index contributed by atoms with van der Waals surface area (Å²) in [4.78, 5) is 0. The van der Waals surface area contributed by atoms with Gasteiger partial charge in [0.1, 0.15) is 5.75 Å². The fraction of sp³-hybridized carbons (Fsp3) is 0. The second kappa shape index (κ2) is 6.06. The van der Waals surface area contributed by atoms with Crippen LogP contribution in [0.2, 0.25) is 5.02 Å². The minimum Gasteiger partial charge on any atom is -0.508 e. The number of halogens is 1. The second-order valence-electron chi connectivity index (χ2n) is 2.63. The van der Waals surface area contributed by atoms with Crippen molar-refractivity contribution in [1.82, 2.24) is 0 Å². The first-order chi connectivity index (χ1) is 6.79. The van der Waals surface area contributed by atoms with Gasteiger partial charge < -0.3 is 5.11 Å². The average molecular weight is 207 g/mol. The van der Waals surface area contributed by atoms with Gasteiger partial charge in [-0.15, -0.1) is 0 Å². The molecule has 72 valence electrons. The van der Waals surface area contributed by atoms with Crippen molar-refractivity contribution in [2.45, 2.75) is 0 Å². The first-order valence-corrected chi connectivity index (χ1v) is 4.61. The number of phenolic OH excluding ortho intramolecular Hbond substituents is 1. The number of hydrogen-bond acceptors (Lipinski definition) is 1. The molecule has 0 saturated heterocycles. The highest BCUT2D eigenvalue weighted by Gasteiger charge is 1.75. The van der Waals surface area contributed by atoms with Gasteiger partial charge in [-0.25, -0.2) is 0 Å². The Morgan fingerprint density at radius 1 is 0.714 bits per heavy atom. The van der Waals surface area contributed by atoms with E-state index in [0.717, 1.165) is 5.02 Å². The van der Waals surface area contributed by atoms with Gasteiger partial charge in [0.25, 0.3) is 0 Å². The topological polar surface area (TPSA) is 20.2 Å². The molecule has 1 N–H and O–H groups in total. The molecule has 0 atom stereocenters. The van der Waals surface area contributed by atoms with Crippen LogP contribution in [0.3, 0.4) is 0 Å². The summed E-state index contributed by atoms with van der Waals surface area (Å²) < 4.78 is 0. The molecule has 0 unspecified atom stereocenters. The monoisotopic (exact) mass is 206 g/mol. The molecule has 0 aromatic heterocycles. The molecule has 2 rings (SSSR count). The second-order valence-corrected chi connectivity index (χ2v) is 3.07. The van der Waals surface area contributed by atoms with Crippen LogP contribution in [0, 0.1) is 0 Å². The van der Waals surface area contributed by atoms with E-state index in [1.807, 2.05) is 36.4 Å². The summed E-state index contributed by atoms with van der Waals surface area (Å²) in [5, 5.41) is 9.43. The zero-order valence-electron chi connectivity index (χ0n) is 7.60. The van der Waals surface area contributed by atoms with Crippen LogP contribution in [0.4, 0.5) is 0 Å². The first kappa shape index (κ1) is 10.6. The number of rotatable bonds is 0. The predicted molar refractivity (Wildman–Crippen MR) is 59.6 cm³/mol. The van der Waals surface area contributed by atoms with Crippen LogP contribution in [0.1, 0.15) is 0 Å². The van der Waals surface area contributed by atoms with E-state index in [1.54, 1.807) is 24.3 Å². The number of para-hydroxylation sites is 1. The van der Waals surface area contributed by atoms with E-state index < -0.39 is 0 Å². The fourth-order valence-electron chi connectivity index (χ4n) is 0.843. The lowest BCUT2D eigenvalue weighted by molar-refractivity contribution is 0.475. The molecule has 0 fully saturated rings. The van der Waals surface area contributed by atoms with Gasteiger partial charge in [0.2, 0.25) is 0 Å². The minimum atomic E-state index is 0.322. The van der Waals surface area contributed by atoms with Gasteiger partial charge in [0, 0.05) is 5.02 Å². The highest BCUT2D eigenvalue weighted by Crippen LogP contribution is 2.03. The average Bonchev–Trinajstić information content (AvgIpc) is 2.21. The van der Waals surface area contributed by atoms with E-state index in [-0.39, 0.29) is 0 Å². The van der Waals surface area contributed by atoms with Crippen molar-refractivity contribution in [3.63, 3.8) is 0 Å². The number of hydrogen-bond donors (Lipinski definition) is 1. The van der Waals surface area contributed by atoms with Crippen LogP contribution in [0.25, 0.3) is 0 Å². The van der Waals surface area contributed by atoms with Crippen LogP contribution in [-0.2, 0) is 0 Å². The third kappa shape index (κ3) is 4.53. The van der Waals surface area contributed by atoms with Crippen LogP contribution in [0.5, 0.6) is 5.75 Å². The Kier molecular flexibility index (Phi) is 4.59. The largest absolute Gasteiger partial charge is 0.508 e. The molecule has 0 heterocycles. The van der Waals surface area contributed by atoms with Crippen LogP contribution in [-0.4, -0.2) is 5.11 Å². The maximum Gasteiger partial charge on any atom is 0.115 e. The van der Waals surface area contributed by atoms with E-state index in [4.69, 9.17) is 16.7 Å². The SMILES string of the molecule is Clc1ccccc1.Oc1ccccc1. The van der Waals surface area contributed by atoms with E-state index in [9.17, 15) is 0 Å². The lowest BCUT2D eigenvalue weighted by atomic mass is 10.3. The summed E-state index contributed by atoms with van der Waals surface area (Å²) in [7, 11) is 0. The Morgan fingerprint density at radius 2 is 1.14 bits per heavy atom. The molecule has 0 radical (unpaired) electrons.